The van der Waals surface area contributed by atoms with E-state index in [0.717, 1.165) is 5.56 Å². The number of esters is 1. The highest BCUT2D eigenvalue weighted by molar-refractivity contribution is 7.90. The number of anilines is 1. The number of ether oxygens (including phenoxy) is 2. The van der Waals surface area contributed by atoms with Crippen molar-refractivity contribution in [1.82, 2.24) is 4.72 Å². The molecule has 2 atom stereocenters. The largest absolute Gasteiger partial charge is 0.511 e. The predicted octanol–water partition coefficient (Wildman–Crippen LogP) is 6.45. The topological polar surface area (TPSA) is 131 Å². The summed E-state index contributed by atoms with van der Waals surface area (Å²) in [4.78, 5) is 26.5. The van der Waals surface area contributed by atoms with E-state index >= 15 is 0 Å². The SMILES string of the molecule is CCC(C)(CC(CC(C)(C)C(=O)OCNS(=O)(=O)C(F)(F)F)c1ccc(OC(C)(C)C)cc1)C(=O)Nc1ccc(O)cc1. The van der Waals surface area contributed by atoms with E-state index in [0.29, 0.717) is 17.9 Å². The van der Waals surface area contributed by atoms with Crippen LogP contribution in [-0.4, -0.2) is 43.2 Å². The van der Waals surface area contributed by atoms with Gasteiger partial charge in [-0.3, -0.25) is 9.59 Å². The van der Waals surface area contributed by atoms with Crippen LogP contribution >= 0.6 is 0 Å². The van der Waals surface area contributed by atoms with E-state index in [2.05, 4.69) is 5.32 Å². The van der Waals surface area contributed by atoms with Crippen molar-refractivity contribution in [2.75, 3.05) is 12.0 Å². The van der Waals surface area contributed by atoms with Crippen molar-refractivity contribution in [3.8, 4) is 11.5 Å². The number of carbonyl (C=O) groups excluding carboxylic acids is 2. The number of aromatic hydroxyl groups is 1. The minimum absolute atomic E-state index is 0.0514. The molecule has 13 heteroatoms. The highest BCUT2D eigenvalue weighted by atomic mass is 32.2. The molecule has 240 valence electrons. The lowest BCUT2D eigenvalue weighted by molar-refractivity contribution is -0.155. The molecule has 1 amide bonds. The van der Waals surface area contributed by atoms with Crippen molar-refractivity contribution in [2.45, 2.75) is 84.8 Å². The summed E-state index contributed by atoms with van der Waals surface area (Å²) in [6.45, 7) is 11.3. The maximum absolute atomic E-state index is 13.5. The maximum atomic E-state index is 13.5. The predicted molar refractivity (Wildman–Crippen MR) is 157 cm³/mol. The summed E-state index contributed by atoms with van der Waals surface area (Å²) >= 11 is 0. The first-order valence-corrected chi connectivity index (χ1v) is 15.2. The van der Waals surface area contributed by atoms with Gasteiger partial charge in [0.1, 0.15) is 17.1 Å². The van der Waals surface area contributed by atoms with Crippen LogP contribution in [0, 0.1) is 10.8 Å². The molecule has 2 aromatic rings. The summed E-state index contributed by atoms with van der Waals surface area (Å²) in [5, 5.41) is 12.4. The third kappa shape index (κ3) is 10.4. The van der Waals surface area contributed by atoms with Crippen molar-refractivity contribution in [1.29, 1.82) is 0 Å². The van der Waals surface area contributed by atoms with E-state index in [-0.39, 0.29) is 24.5 Å². The molecule has 0 aliphatic rings. The van der Waals surface area contributed by atoms with Gasteiger partial charge in [0.2, 0.25) is 5.91 Å². The maximum Gasteiger partial charge on any atom is 0.511 e. The number of amides is 1. The van der Waals surface area contributed by atoms with Gasteiger partial charge in [-0.2, -0.15) is 17.9 Å². The van der Waals surface area contributed by atoms with Crippen molar-refractivity contribution in [3.63, 3.8) is 0 Å². The molecular formula is C30H41F3N2O7S. The molecule has 0 spiro atoms. The lowest BCUT2D eigenvalue weighted by atomic mass is 9.70. The Hall–Kier alpha value is -3.32. The number of nitrogens with one attached hydrogen (secondary N) is 2. The third-order valence-electron chi connectivity index (χ3n) is 6.99. The Morgan fingerprint density at radius 3 is 1.95 bits per heavy atom. The lowest BCUT2D eigenvalue weighted by Crippen LogP contribution is -2.40. The molecule has 0 saturated carbocycles. The van der Waals surface area contributed by atoms with Crippen LogP contribution in [0.2, 0.25) is 0 Å². The number of halogens is 3. The average Bonchev–Trinajstić information content (AvgIpc) is 2.88. The van der Waals surface area contributed by atoms with Gasteiger partial charge >= 0.3 is 21.5 Å². The summed E-state index contributed by atoms with van der Waals surface area (Å²) in [6, 6.07) is 13.3. The third-order valence-corrected chi connectivity index (χ3v) is 8.10. The smallest absolute Gasteiger partial charge is 0.508 e. The quantitative estimate of drug-likeness (QED) is 0.132. The van der Waals surface area contributed by atoms with Gasteiger partial charge in [-0.15, -0.1) is 0 Å². The van der Waals surface area contributed by atoms with Crippen LogP contribution in [-0.2, 0) is 24.3 Å². The minimum atomic E-state index is -5.68. The monoisotopic (exact) mass is 630 g/mol. The van der Waals surface area contributed by atoms with Gasteiger partial charge in [-0.05, 0) is 102 Å². The first kappa shape index (κ1) is 35.9. The normalized spacial score (nSPS) is 14.8. The minimum Gasteiger partial charge on any atom is -0.508 e. The molecule has 9 nitrogen and oxygen atoms in total. The highest BCUT2D eigenvalue weighted by Crippen LogP contribution is 2.43. The first-order chi connectivity index (χ1) is 19.6. The Morgan fingerprint density at radius 1 is 0.907 bits per heavy atom. The van der Waals surface area contributed by atoms with Crippen LogP contribution in [0.15, 0.2) is 48.5 Å². The molecule has 2 aromatic carbocycles. The molecule has 0 fully saturated rings. The van der Waals surface area contributed by atoms with Crippen molar-refractivity contribution in [2.24, 2.45) is 10.8 Å². The van der Waals surface area contributed by atoms with Crippen LogP contribution < -0.4 is 14.8 Å². The average molecular weight is 631 g/mol. The number of alkyl halides is 3. The van der Waals surface area contributed by atoms with Gasteiger partial charge in [-0.25, -0.2) is 8.42 Å². The Labute approximate surface area is 251 Å². The Balaban J connectivity index is 2.34. The Bertz CT molecular complexity index is 1350. The number of sulfonamides is 1. The molecule has 0 aliphatic heterocycles. The molecule has 2 unspecified atom stereocenters. The molecule has 0 aliphatic carbocycles. The zero-order valence-electron chi connectivity index (χ0n) is 25.5. The molecule has 0 saturated heterocycles. The van der Waals surface area contributed by atoms with Gasteiger partial charge in [-0.1, -0.05) is 26.0 Å². The van der Waals surface area contributed by atoms with E-state index in [9.17, 15) is 36.3 Å². The van der Waals surface area contributed by atoms with E-state index in [4.69, 9.17) is 9.47 Å². The van der Waals surface area contributed by atoms with E-state index in [1.807, 2.05) is 39.8 Å². The fourth-order valence-corrected chi connectivity index (χ4v) is 4.76. The number of benzene rings is 2. The first-order valence-electron chi connectivity index (χ1n) is 13.7. The fourth-order valence-electron chi connectivity index (χ4n) is 4.39. The van der Waals surface area contributed by atoms with Gasteiger partial charge in [0, 0.05) is 11.1 Å². The fraction of sp³-hybridized carbons (Fsp3) is 0.533. The van der Waals surface area contributed by atoms with Gasteiger partial charge in [0.25, 0.3) is 0 Å². The standard InChI is InChI=1S/C30H41F3N2O7S/c1-8-29(7,25(37)35-22-11-13-23(36)14-12-22)18-21(20-9-15-24(16-10-20)42-27(2,3)4)17-28(5,6)26(38)41-19-34-43(39,40)30(31,32)33/h9-16,21,34,36H,8,17-19H2,1-7H3,(H,35,37). The zero-order valence-corrected chi connectivity index (χ0v) is 26.3. The Kier molecular flexibility index (Phi) is 11.3. The molecule has 43 heavy (non-hydrogen) atoms. The van der Waals surface area contributed by atoms with Gasteiger partial charge in [0.15, 0.2) is 6.73 Å². The van der Waals surface area contributed by atoms with Crippen LogP contribution in [0.3, 0.4) is 0 Å². The molecular weight excluding hydrogens is 589 g/mol. The number of rotatable bonds is 13. The van der Waals surface area contributed by atoms with E-state index in [1.54, 1.807) is 31.2 Å². The van der Waals surface area contributed by atoms with Crippen LogP contribution in [0.5, 0.6) is 11.5 Å². The number of hydrogen-bond acceptors (Lipinski definition) is 7. The second-order valence-corrected chi connectivity index (χ2v) is 14.1. The molecule has 0 aromatic heterocycles. The number of phenols is 1. The molecule has 0 bridgehead atoms. The Morgan fingerprint density at radius 2 is 1.47 bits per heavy atom. The van der Waals surface area contributed by atoms with Crippen LogP contribution in [0.4, 0.5) is 18.9 Å². The van der Waals surface area contributed by atoms with Crippen molar-refractivity contribution < 1.29 is 45.8 Å². The second kappa shape index (κ2) is 13.5. The van der Waals surface area contributed by atoms with E-state index in [1.165, 1.54) is 30.7 Å². The van der Waals surface area contributed by atoms with E-state index < -0.39 is 50.6 Å². The van der Waals surface area contributed by atoms with Crippen LogP contribution in [0.1, 0.15) is 79.2 Å². The van der Waals surface area contributed by atoms with Gasteiger partial charge in [0.05, 0.1) is 5.41 Å². The number of hydrogen-bond donors (Lipinski definition) is 3. The van der Waals surface area contributed by atoms with Crippen LogP contribution in [0.25, 0.3) is 0 Å². The summed E-state index contributed by atoms with van der Waals surface area (Å²) in [5.41, 5.74) is -6.91. The molecule has 3 N–H and O–H groups in total. The number of phenolic OH excluding ortho intramolecular Hbond substituents is 1. The molecule has 2 rings (SSSR count). The summed E-state index contributed by atoms with van der Waals surface area (Å²) in [6.07, 6.45) is 0.840. The molecule has 0 radical (unpaired) electrons. The zero-order chi connectivity index (χ0) is 32.9. The summed E-state index contributed by atoms with van der Waals surface area (Å²) < 4.78 is 72.5. The van der Waals surface area contributed by atoms with Crippen molar-refractivity contribution in [3.05, 3.63) is 54.1 Å². The number of carbonyl (C=O) groups is 2. The van der Waals surface area contributed by atoms with Crippen molar-refractivity contribution >= 4 is 27.6 Å². The summed E-state index contributed by atoms with van der Waals surface area (Å²) in [7, 11) is -5.68. The summed E-state index contributed by atoms with van der Waals surface area (Å²) in [5.74, 6) is -0.930. The lowest BCUT2D eigenvalue weighted by Gasteiger charge is -2.35. The second-order valence-electron chi connectivity index (χ2n) is 12.4. The molecule has 0 heterocycles. The van der Waals surface area contributed by atoms with Gasteiger partial charge < -0.3 is 19.9 Å². The highest BCUT2D eigenvalue weighted by Gasteiger charge is 2.46.